The van der Waals surface area contributed by atoms with Crippen LogP contribution in [-0.4, -0.2) is 12.5 Å². The van der Waals surface area contributed by atoms with Crippen LogP contribution in [0.1, 0.15) is 9.75 Å². The van der Waals surface area contributed by atoms with Gasteiger partial charge in [0, 0.05) is 15.8 Å². The molecule has 0 aliphatic rings. The summed E-state index contributed by atoms with van der Waals surface area (Å²) in [4.78, 5) is 13.4. The van der Waals surface area contributed by atoms with E-state index >= 15 is 0 Å². The fourth-order valence-electron chi connectivity index (χ4n) is 0.898. The van der Waals surface area contributed by atoms with Crippen molar-refractivity contribution in [2.24, 2.45) is 0 Å². The van der Waals surface area contributed by atoms with Gasteiger partial charge < -0.3 is 5.32 Å². The van der Waals surface area contributed by atoms with Crippen LogP contribution in [0, 0.1) is 19.3 Å². The number of thiophene rings is 1. The number of carbonyl (C=O) groups is 1. The molecule has 3 heteroatoms. The first-order valence-electron chi connectivity index (χ1n) is 4.18. The molecule has 0 fully saturated rings. The highest BCUT2D eigenvalue weighted by Gasteiger charge is 1.94. The zero-order valence-corrected chi connectivity index (χ0v) is 8.73. The van der Waals surface area contributed by atoms with Gasteiger partial charge in [0.1, 0.15) is 0 Å². The second-order valence-electron chi connectivity index (χ2n) is 2.70. The molecule has 0 saturated carbocycles. The van der Waals surface area contributed by atoms with Crippen molar-refractivity contribution in [3.05, 3.63) is 28.0 Å². The van der Waals surface area contributed by atoms with Gasteiger partial charge in [0.15, 0.2) is 0 Å². The third-order valence-corrected chi connectivity index (χ3v) is 2.49. The maximum Gasteiger partial charge on any atom is 0.244 e. The number of aryl methyl sites for hydroxylation is 1. The minimum atomic E-state index is -0.158. The molecule has 1 N–H and O–H groups in total. The van der Waals surface area contributed by atoms with E-state index in [9.17, 15) is 4.79 Å². The standard InChI is InChI=1S/C11H11NOS/c1-3-8-12-11(13)7-6-10-5-4-9(2)14-10/h1,4-7H,8H2,2H3,(H,12,13)/b7-6-. The first-order valence-corrected chi connectivity index (χ1v) is 5.00. The Bertz CT molecular complexity index is 384. The SMILES string of the molecule is C#CCNC(=O)/C=C\c1ccc(C)s1. The van der Waals surface area contributed by atoms with Crippen molar-refractivity contribution >= 4 is 23.3 Å². The van der Waals surface area contributed by atoms with Crippen molar-refractivity contribution in [1.29, 1.82) is 0 Å². The average Bonchev–Trinajstić information content (AvgIpc) is 2.58. The second kappa shape index (κ2) is 5.25. The Labute approximate surface area is 87.6 Å². The Morgan fingerprint density at radius 1 is 1.71 bits per heavy atom. The van der Waals surface area contributed by atoms with Gasteiger partial charge in [0.2, 0.25) is 5.91 Å². The fourth-order valence-corrected chi connectivity index (χ4v) is 1.68. The van der Waals surface area contributed by atoms with Crippen LogP contribution in [0.5, 0.6) is 0 Å². The topological polar surface area (TPSA) is 29.1 Å². The fraction of sp³-hybridized carbons (Fsp3) is 0.182. The smallest absolute Gasteiger partial charge is 0.244 e. The Hall–Kier alpha value is -1.53. The van der Waals surface area contributed by atoms with Gasteiger partial charge in [-0.3, -0.25) is 4.79 Å². The lowest BCUT2D eigenvalue weighted by atomic mass is 10.4. The molecular formula is C11H11NOS. The summed E-state index contributed by atoms with van der Waals surface area (Å²) in [5.41, 5.74) is 0. The first kappa shape index (κ1) is 10.6. The summed E-state index contributed by atoms with van der Waals surface area (Å²) in [6.45, 7) is 2.30. The Balaban J connectivity index is 2.48. The van der Waals surface area contributed by atoms with E-state index in [0.717, 1.165) is 4.88 Å². The number of rotatable bonds is 3. The highest BCUT2D eigenvalue weighted by Crippen LogP contribution is 2.15. The third kappa shape index (κ3) is 3.46. The zero-order valence-electron chi connectivity index (χ0n) is 7.91. The predicted octanol–water partition coefficient (Wildman–Crippen LogP) is 1.82. The van der Waals surface area contributed by atoms with Gasteiger partial charge >= 0.3 is 0 Å². The molecule has 0 spiro atoms. The quantitative estimate of drug-likeness (QED) is 0.592. The minimum Gasteiger partial charge on any atom is -0.342 e. The molecule has 0 bridgehead atoms. The molecule has 14 heavy (non-hydrogen) atoms. The molecule has 1 aromatic heterocycles. The normalized spacial score (nSPS) is 10.0. The van der Waals surface area contributed by atoms with Gasteiger partial charge in [-0.1, -0.05) is 5.92 Å². The highest BCUT2D eigenvalue weighted by atomic mass is 32.1. The van der Waals surface area contributed by atoms with Gasteiger partial charge in [-0.05, 0) is 25.1 Å². The van der Waals surface area contributed by atoms with Crippen LogP contribution in [0.25, 0.3) is 6.08 Å². The lowest BCUT2D eigenvalue weighted by Gasteiger charge is -1.92. The Kier molecular flexibility index (Phi) is 3.96. The van der Waals surface area contributed by atoms with Crippen LogP contribution in [0.4, 0.5) is 0 Å². The van der Waals surface area contributed by atoms with E-state index in [1.807, 2.05) is 19.1 Å². The number of nitrogens with one attached hydrogen (secondary N) is 1. The van der Waals surface area contributed by atoms with Crippen molar-refractivity contribution in [3.8, 4) is 12.3 Å². The number of amides is 1. The van der Waals surface area contributed by atoms with Crippen LogP contribution in [-0.2, 0) is 4.79 Å². The molecule has 2 nitrogen and oxygen atoms in total. The molecule has 72 valence electrons. The summed E-state index contributed by atoms with van der Waals surface area (Å²) in [5.74, 6) is 2.18. The molecule has 0 atom stereocenters. The summed E-state index contributed by atoms with van der Waals surface area (Å²) in [6.07, 6.45) is 8.27. The van der Waals surface area contributed by atoms with E-state index in [-0.39, 0.29) is 12.5 Å². The molecule has 0 unspecified atom stereocenters. The molecule has 0 saturated heterocycles. The summed E-state index contributed by atoms with van der Waals surface area (Å²) in [5, 5.41) is 2.55. The van der Waals surface area contributed by atoms with Crippen LogP contribution < -0.4 is 5.32 Å². The van der Waals surface area contributed by atoms with Gasteiger partial charge in [-0.2, -0.15) is 0 Å². The molecule has 1 aromatic rings. The van der Waals surface area contributed by atoms with E-state index < -0.39 is 0 Å². The molecule has 0 aromatic carbocycles. The summed E-state index contributed by atoms with van der Waals surface area (Å²) in [7, 11) is 0. The van der Waals surface area contributed by atoms with Crippen molar-refractivity contribution in [2.75, 3.05) is 6.54 Å². The lowest BCUT2D eigenvalue weighted by molar-refractivity contribution is -0.116. The van der Waals surface area contributed by atoms with Crippen molar-refractivity contribution in [3.63, 3.8) is 0 Å². The van der Waals surface area contributed by atoms with Gasteiger partial charge in [-0.15, -0.1) is 17.8 Å². The third-order valence-electron chi connectivity index (χ3n) is 1.52. The molecule has 0 radical (unpaired) electrons. The van der Waals surface area contributed by atoms with Crippen molar-refractivity contribution < 1.29 is 4.79 Å². The predicted molar refractivity (Wildman–Crippen MR) is 59.9 cm³/mol. The van der Waals surface area contributed by atoms with Crippen LogP contribution in [0.15, 0.2) is 18.2 Å². The average molecular weight is 205 g/mol. The van der Waals surface area contributed by atoms with Crippen LogP contribution >= 0.6 is 11.3 Å². The Morgan fingerprint density at radius 3 is 3.07 bits per heavy atom. The molecule has 0 aliphatic carbocycles. The maximum absolute atomic E-state index is 11.1. The highest BCUT2D eigenvalue weighted by molar-refractivity contribution is 7.12. The van der Waals surface area contributed by atoms with E-state index in [1.165, 1.54) is 11.0 Å². The monoisotopic (exact) mass is 205 g/mol. The van der Waals surface area contributed by atoms with Crippen LogP contribution in [0.2, 0.25) is 0 Å². The lowest BCUT2D eigenvalue weighted by Crippen LogP contribution is -2.20. The summed E-state index contributed by atoms with van der Waals surface area (Å²) >= 11 is 1.65. The van der Waals surface area contributed by atoms with Crippen molar-refractivity contribution in [2.45, 2.75) is 6.92 Å². The molecule has 1 amide bonds. The van der Waals surface area contributed by atoms with E-state index in [0.29, 0.717) is 0 Å². The number of carbonyl (C=O) groups excluding carboxylic acids is 1. The van der Waals surface area contributed by atoms with Crippen LogP contribution in [0.3, 0.4) is 0 Å². The summed E-state index contributed by atoms with van der Waals surface area (Å²) < 4.78 is 0. The molecular weight excluding hydrogens is 194 g/mol. The van der Waals surface area contributed by atoms with Gasteiger partial charge in [-0.25, -0.2) is 0 Å². The maximum atomic E-state index is 11.1. The molecule has 1 rings (SSSR count). The molecule has 1 heterocycles. The van der Waals surface area contributed by atoms with E-state index in [2.05, 4.69) is 11.2 Å². The first-order chi connectivity index (χ1) is 6.72. The molecule has 0 aliphatic heterocycles. The second-order valence-corrected chi connectivity index (χ2v) is 4.02. The zero-order chi connectivity index (χ0) is 10.4. The number of hydrogen-bond acceptors (Lipinski definition) is 2. The summed E-state index contributed by atoms with van der Waals surface area (Å²) in [6, 6.07) is 3.99. The number of terminal acetylenes is 1. The van der Waals surface area contributed by atoms with E-state index in [4.69, 9.17) is 6.42 Å². The minimum absolute atomic E-state index is 0.158. The van der Waals surface area contributed by atoms with Gasteiger partial charge in [0.05, 0.1) is 6.54 Å². The van der Waals surface area contributed by atoms with E-state index in [1.54, 1.807) is 17.4 Å². The number of hydrogen-bond donors (Lipinski definition) is 1. The largest absolute Gasteiger partial charge is 0.342 e. The van der Waals surface area contributed by atoms with Crippen molar-refractivity contribution in [1.82, 2.24) is 5.32 Å². The Morgan fingerprint density at radius 2 is 2.50 bits per heavy atom. The van der Waals surface area contributed by atoms with Gasteiger partial charge in [0.25, 0.3) is 0 Å².